The van der Waals surface area contributed by atoms with Crippen molar-refractivity contribution in [1.82, 2.24) is 4.90 Å². The lowest BCUT2D eigenvalue weighted by molar-refractivity contribution is -0.145. The summed E-state index contributed by atoms with van der Waals surface area (Å²) in [4.78, 5) is 13.8. The highest BCUT2D eigenvalue weighted by Gasteiger charge is 2.25. The fourth-order valence-corrected chi connectivity index (χ4v) is 2.22. The van der Waals surface area contributed by atoms with Crippen molar-refractivity contribution in [1.29, 1.82) is 0 Å². The summed E-state index contributed by atoms with van der Waals surface area (Å²) in [6.45, 7) is 5.19. The van der Waals surface area contributed by atoms with Crippen molar-refractivity contribution in [2.45, 2.75) is 26.1 Å². The summed E-state index contributed by atoms with van der Waals surface area (Å²) in [6.07, 6.45) is 0.139. The van der Waals surface area contributed by atoms with Crippen LogP contribution in [0.3, 0.4) is 0 Å². The first-order chi connectivity index (χ1) is 9.04. The van der Waals surface area contributed by atoms with Crippen LogP contribution >= 0.6 is 0 Å². The molecule has 0 radical (unpaired) electrons. The van der Waals surface area contributed by atoms with E-state index in [0.29, 0.717) is 24.5 Å². The van der Waals surface area contributed by atoms with Crippen molar-refractivity contribution < 1.29 is 14.3 Å². The van der Waals surface area contributed by atoms with Crippen LogP contribution < -0.4 is 10.5 Å². The summed E-state index contributed by atoms with van der Waals surface area (Å²) in [5.41, 5.74) is 6.28. The molecule has 0 bridgehead atoms. The molecule has 0 aliphatic carbocycles. The maximum atomic E-state index is 12.1. The molecule has 0 spiro atoms. The predicted octanol–water partition coefficient (Wildman–Crippen LogP) is 1.28. The molecule has 2 rings (SSSR count). The number of anilines is 1. The molecule has 2 unspecified atom stereocenters. The topological polar surface area (TPSA) is 64.8 Å². The number of hydrogen-bond donors (Lipinski definition) is 1. The Labute approximate surface area is 113 Å². The van der Waals surface area contributed by atoms with E-state index in [4.69, 9.17) is 15.2 Å². The molecule has 1 amide bonds. The van der Waals surface area contributed by atoms with Crippen LogP contribution in [0.15, 0.2) is 24.3 Å². The summed E-state index contributed by atoms with van der Waals surface area (Å²) in [5, 5.41) is 0. The van der Waals surface area contributed by atoms with Crippen LogP contribution in [0, 0.1) is 0 Å². The van der Waals surface area contributed by atoms with Gasteiger partial charge in [0.15, 0.2) is 6.61 Å². The Kier molecular flexibility index (Phi) is 4.27. The number of carbonyl (C=O) groups excluding carboxylic acids is 1. The Morgan fingerprint density at radius 1 is 1.42 bits per heavy atom. The van der Waals surface area contributed by atoms with Crippen LogP contribution in [0.4, 0.5) is 5.69 Å². The zero-order valence-corrected chi connectivity index (χ0v) is 11.3. The minimum Gasteiger partial charge on any atom is -0.484 e. The zero-order chi connectivity index (χ0) is 13.8. The first-order valence-corrected chi connectivity index (χ1v) is 6.46. The summed E-state index contributed by atoms with van der Waals surface area (Å²) >= 11 is 0. The average molecular weight is 264 g/mol. The minimum absolute atomic E-state index is 0.0237. The molecule has 5 heteroatoms. The Bertz CT molecular complexity index is 440. The van der Waals surface area contributed by atoms with Crippen LogP contribution in [-0.2, 0) is 9.53 Å². The quantitative estimate of drug-likeness (QED) is 0.835. The first-order valence-electron chi connectivity index (χ1n) is 6.46. The molecular formula is C14H20N2O3. The van der Waals surface area contributed by atoms with Gasteiger partial charge in [0, 0.05) is 24.8 Å². The molecule has 1 aromatic rings. The number of hydrogen-bond acceptors (Lipinski definition) is 4. The maximum absolute atomic E-state index is 12.1. The molecule has 1 heterocycles. The molecule has 1 aliphatic heterocycles. The van der Waals surface area contributed by atoms with E-state index in [1.807, 2.05) is 13.8 Å². The number of benzene rings is 1. The number of nitrogens with zero attached hydrogens (tertiary/aromatic N) is 1. The number of amides is 1. The molecule has 1 fully saturated rings. The summed E-state index contributed by atoms with van der Waals surface area (Å²) < 4.78 is 11.1. The van der Waals surface area contributed by atoms with Gasteiger partial charge in [-0.2, -0.15) is 0 Å². The Morgan fingerprint density at radius 2 is 2.11 bits per heavy atom. The van der Waals surface area contributed by atoms with Crippen LogP contribution in [0.25, 0.3) is 0 Å². The van der Waals surface area contributed by atoms with E-state index in [1.165, 1.54) is 0 Å². The highest BCUT2D eigenvalue weighted by molar-refractivity contribution is 5.78. The van der Waals surface area contributed by atoms with Crippen molar-refractivity contribution in [3.05, 3.63) is 24.3 Å². The molecule has 5 nitrogen and oxygen atoms in total. The van der Waals surface area contributed by atoms with Gasteiger partial charge in [-0.05, 0) is 26.0 Å². The Hall–Kier alpha value is -1.75. The SMILES string of the molecule is CC1CN(C(=O)COc2cccc(N)c2)CC(C)O1. The van der Waals surface area contributed by atoms with Gasteiger partial charge in [0.2, 0.25) is 0 Å². The highest BCUT2D eigenvalue weighted by Crippen LogP contribution is 2.15. The van der Waals surface area contributed by atoms with Gasteiger partial charge in [-0.1, -0.05) is 6.07 Å². The Morgan fingerprint density at radius 3 is 2.74 bits per heavy atom. The minimum atomic E-state index is -0.0237. The summed E-state index contributed by atoms with van der Waals surface area (Å²) in [6, 6.07) is 7.07. The van der Waals surface area contributed by atoms with E-state index in [9.17, 15) is 4.79 Å². The summed E-state index contributed by atoms with van der Waals surface area (Å²) in [5.74, 6) is 0.590. The molecule has 0 aromatic heterocycles. The fraction of sp³-hybridized carbons (Fsp3) is 0.500. The third-order valence-corrected chi connectivity index (χ3v) is 2.99. The third kappa shape index (κ3) is 3.86. The van der Waals surface area contributed by atoms with E-state index >= 15 is 0 Å². The molecule has 1 aromatic carbocycles. The summed E-state index contributed by atoms with van der Waals surface area (Å²) in [7, 11) is 0. The van der Waals surface area contributed by atoms with E-state index in [0.717, 1.165) is 0 Å². The number of ether oxygens (including phenoxy) is 2. The second-order valence-electron chi connectivity index (χ2n) is 4.92. The normalized spacial score (nSPS) is 23.2. The van der Waals surface area contributed by atoms with Crippen molar-refractivity contribution in [3.63, 3.8) is 0 Å². The van der Waals surface area contributed by atoms with Gasteiger partial charge in [0.25, 0.3) is 5.91 Å². The molecule has 2 N–H and O–H groups in total. The number of carbonyl (C=O) groups is 1. The van der Waals surface area contributed by atoms with Gasteiger partial charge in [-0.15, -0.1) is 0 Å². The van der Waals surface area contributed by atoms with E-state index < -0.39 is 0 Å². The molecule has 19 heavy (non-hydrogen) atoms. The smallest absolute Gasteiger partial charge is 0.260 e. The maximum Gasteiger partial charge on any atom is 0.260 e. The second-order valence-corrected chi connectivity index (χ2v) is 4.92. The lowest BCUT2D eigenvalue weighted by Gasteiger charge is -2.35. The van der Waals surface area contributed by atoms with Crippen LogP contribution in [-0.4, -0.2) is 42.7 Å². The molecular weight excluding hydrogens is 244 g/mol. The van der Waals surface area contributed by atoms with Crippen LogP contribution in [0.5, 0.6) is 5.75 Å². The predicted molar refractivity (Wildman–Crippen MR) is 72.9 cm³/mol. The largest absolute Gasteiger partial charge is 0.484 e. The lowest BCUT2D eigenvalue weighted by atomic mass is 10.2. The van der Waals surface area contributed by atoms with E-state index in [2.05, 4.69) is 0 Å². The van der Waals surface area contributed by atoms with E-state index in [-0.39, 0.29) is 24.7 Å². The van der Waals surface area contributed by atoms with Gasteiger partial charge in [-0.25, -0.2) is 0 Å². The molecule has 1 aliphatic rings. The van der Waals surface area contributed by atoms with Gasteiger partial charge in [0.1, 0.15) is 5.75 Å². The number of morpholine rings is 1. The fourth-order valence-electron chi connectivity index (χ4n) is 2.22. The zero-order valence-electron chi connectivity index (χ0n) is 11.3. The number of rotatable bonds is 3. The molecule has 104 valence electrons. The van der Waals surface area contributed by atoms with Crippen molar-refractivity contribution in [2.24, 2.45) is 0 Å². The first kappa shape index (κ1) is 13.7. The van der Waals surface area contributed by atoms with Crippen molar-refractivity contribution in [2.75, 3.05) is 25.4 Å². The monoisotopic (exact) mass is 264 g/mol. The Balaban J connectivity index is 1.87. The standard InChI is InChI=1S/C14H20N2O3/c1-10-7-16(8-11(2)19-10)14(17)9-18-13-5-3-4-12(15)6-13/h3-6,10-11H,7-9,15H2,1-2H3. The lowest BCUT2D eigenvalue weighted by Crippen LogP contribution is -2.49. The van der Waals surface area contributed by atoms with Gasteiger partial charge in [0.05, 0.1) is 12.2 Å². The van der Waals surface area contributed by atoms with E-state index in [1.54, 1.807) is 29.2 Å². The average Bonchev–Trinajstić information content (AvgIpc) is 2.35. The number of nitrogens with two attached hydrogens (primary N) is 1. The highest BCUT2D eigenvalue weighted by atomic mass is 16.5. The van der Waals surface area contributed by atoms with Crippen molar-refractivity contribution in [3.8, 4) is 5.75 Å². The molecule has 1 saturated heterocycles. The second kappa shape index (κ2) is 5.93. The van der Waals surface area contributed by atoms with Gasteiger partial charge < -0.3 is 20.1 Å². The third-order valence-electron chi connectivity index (χ3n) is 2.99. The van der Waals surface area contributed by atoms with Gasteiger partial charge in [-0.3, -0.25) is 4.79 Å². The van der Waals surface area contributed by atoms with Crippen molar-refractivity contribution >= 4 is 11.6 Å². The van der Waals surface area contributed by atoms with Crippen LogP contribution in [0.2, 0.25) is 0 Å². The number of nitrogen functional groups attached to an aromatic ring is 1. The molecule has 0 saturated carbocycles. The van der Waals surface area contributed by atoms with Crippen LogP contribution in [0.1, 0.15) is 13.8 Å². The van der Waals surface area contributed by atoms with Gasteiger partial charge >= 0.3 is 0 Å². The molecule has 2 atom stereocenters.